The van der Waals surface area contributed by atoms with Gasteiger partial charge in [0.05, 0.1) is 15.0 Å². The van der Waals surface area contributed by atoms with E-state index < -0.39 is 34.9 Å². The van der Waals surface area contributed by atoms with Crippen LogP contribution >= 0.6 is 31.9 Å². The van der Waals surface area contributed by atoms with Gasteiger partial charge >= 0.3 is 0 Å². The molecule has 0 bridgehead atoms. The van der Waals surface area contributed by atoms with Crippen LogP contribution in [0.4, 0.5) is 17.6 Å². The molecule has 0 aliphatic heterocycles. The first-order valence-electron chi connectivity index (χ1n) is 5.37. The summed E-state index contributed by atoms with van der Waals surface area (Å²) in [4.78, 5) is 0. The van der Waals surface area contributed by atoms with E-state index in [0.717, 1.165) is 12.1 Å². The topological polar surface area (TPSA) is 26.0 Å². The summed E-state index contributed by atoms with van der Waals surface area (Å²) in [6.07, 6.45) is 0. The molecule has 106 valence electrons. The zero-order chi connectivity index (χ0) is 15.0. The van der Waals surface area contributed by atoms with Crippen LogP contribution in [-0.2, 0) is 0 Å². The fourth-order valence-corrected chi connectivity index (χ4v) is 2.68. The molecule has 0 aliphatic carbocycles. The van der Waals surface area contributed by atoms with E-state index >= 15 is 0 Å². The largest absolute Gasteiger partial charge is 0.320 e. The lowest BCUT2D eigenvalue weighted by Crippen LogP contribution is -2.17. The molecule has 20 heavy (non-hydrogen) atoms. The quantitative estimate of drug-likeness (QED) is 0.427. The zero-order valence-corrected chi connectivity index (χ0v) is 12.9. The summed E-state index contributed by atoms with van der Waals surface area (Å²) in [5.41, 5.74) is 5.40. The summed E-state index contributed by atoms with van der Waals surface area (Å²) in [5, 5.41) is 0. The zero-order valence-electron chi connectivity index (χ0n) is 9.73. The molecule has 1 atom stereocenters. The Kier molecular flexibility index (Phi) is 4.51. The lowest BCUT2D eigenvalue weighted by atomic mass is 9.98. The van der Waals surface area contributed by atoms with Crippen molar-refractivity contribution in [3.8, 4) is 0 Å². The van der Waals surface area contributed by atoms with Gasteiger partial charge in [0, 0.05) is 5.56 Å². The van der Waals surface area contributed by atoms with Crippen LogP contribution in [0.15, 0.2) is 33.2 Å². The smallest absolute Gasteiger partial charge is 0.173 e. The number of rotatable bonds is 2. The predicted molar refractivity (Wildman–Crippen MR) is 74.1 cm³/mol. The fraction of sp³-hybridized carbons (Fsp3) is 0.0769. The molecule has 0 saturated heterocycles. The third kappa shape index (κ3) is 2.62. The third-order valence-electron chi connectivity index (χ3n) is 2.79. The van der Waals surface area contributed by atoms with Gasteiger partial charge in [-0.25, -0.2) is 17.6 Å². The normalized spacial score (nSPS) is 12.6. The molecule has 0 heterocycles. The maximum Gasteiger partial charge on any atom is 0.173 e. The van der Waals surface area contributed by atoms with Crippen LogP contribution in [0.5, 0.6) is 0 Å². The van der Waals surface area contributed by atoms with E-state index in [9.17, 15) is 17.6 Å². The summed E-state index contributed by atoms with van der Waals surface area (Å²) >= 11 is 5.77. The Balaban J connectivity index is 2.61. The molecule has 0 aliphatic rings. The molecular weight excluding hydrogens is 406 g/mol. The molecule has 7 heteroatoms. The van der Waals surface area contributed by atoms with E-state index in [2.05, 4.69) is 31.9 Å². The van der Waals surface area contributed by atoms with Crippen molar-refractivity contribution in [1.29, 1.82) is 0 Å². The molecule has 1 unspecified atom stereocenters. The summed E-state index contributed by atoms with van der Waals surface area (Å²) in [7, 11) is 0. The van der Waals surface area contributed by atoms with Gasteiger partial charge in [-0.2, -0.15) is 0 Å². The fourth-order valence-electron chi connectivity index (χ4n) is 1.76. The van der Waals surface area contributed by atoms with Gasteiger partial charge in [0.15, 0.2) is 11.6 Å². The molecule has 2 N–H and O–H groups in total. The Morgan fingerprint density at radius 1 is 0.850 bits per heavy atom. The van der Waals surface area contributed by atoms with E-state index in [1.807, 2.05) is 0 Å². The first-order chi connectivity index (χ1) is 9.34. The molecule has 0 aromatic heterocycles. The monoisotopic (exact) mass is 411 g/mol. The Morgan fingerprint density at radius 3 is 2.10 bits per heavy atom. The Bertz CT molecular complexity index is 676. The predicted octanol–water partition coefficient (Wildman–Crippen LogP) is 4.82. The Morgan fingerprint density at radius 2 is 1.45 bits per heavy atom. The van der Waals surface area contributed by atoms with Crippen LogP contribution in [0.3, 0.4) is 0 Å². The van der Waals surface area contributed by atoms with Crippen LogP contribution in [0, 0.1) is 23.3 Å². The van der Waals surface area contributed by atoms with Crippen LogP contribution < -0.4 is 5.73 Å². The van der Waals surface area contributed by atoms with Gasteiger partial charge in [-0.05, 0) is 55.6 Å². The number of hydrogen-bond donors (Lipinski definition) is 1. The second kappa shape index (κ2) is 5.83. The number of benzene rings is 2. The van der Waals surface area contributed by atoms with Gasteiger partial charge in [0.2, 0.25) is 0 Å². The first-order valence-corrected chi connectivity index (χ1v) is 6.95. The first kappa shape index (κ1) is 15.5. The maximum absolute atomic E-state index is 14.0. The van der Waals surface area contributed by atoms with E-state index in [1.54, 1.807) is 0 Å². The SMILES string of the molecule is NC(c1ccc(F)c(F)c1Br)c1c(F)ccc(Br)c1F. The van der Waals surface area contributed by atoms with Crippen molar-refractivity contribution in [1.82, 2.24) is 0 Å². The maximum atomic E-state index is 14.0. The van der Waals surface area contributed by atoms with E-state index in [4.69, 9.17) is 5.73 Å². The van der Waals surface area contributed by atoms with Crippen molar-refractivity contribution in [3.05, 3.63) is 67.6 Å². The van der Waals surface area contributed by atoms with Crippen molar-refractivity contribution in [2.75, 3.05) is 0 Å². The molecule has 2 rings (SSSR count). The van der Waals surface area contributed by atoms with Crippen molar-refractivity contribution < 1.29 is 17.6 Å². The summed E-state index contributed by atoms with van der Waals surface area (Å²) in [5.74, 6) is -3.99. The summed E-state index contributed by atoms with van der Waals surface area (Å²) in [6.45, 7) is 0. The highest BCUT2D eigenvalue weighted by molar-refractivity contribution is 9.10. The minimum atomic E-state index is -1.28. The van der Waals surface area contributed by atoms with Gasteiger partial charge < -0.3 is 5.73 Å². The van der Waals surface area contributed by atoms with Gasteiger partial charge in [0.25, 0.3) is 0 Å². The Hall–Kier alpha value is -0.920. The number of hydrogen-bond acceptors (Lipinski definition) is 1. The number of nitrogens with two attached hydrogens (primary N) is 1. The minimum absolute atomic E-state index is 0.0306. The summed E-state index contributed by atoms with van der Waals surface area (Å²) in [6, 6.07) is 2.98. The molecule has 1 nitrogen and oxygen atoms in total. The minimum Gasteiger partial charge on any atom is -0.320 e. The van der Waals surface area contributed by atoms with Gasteiger partial charge in [-0.15, -0.1) is 0 Å². The van der Waals surface area contributed by atoms with Gasteiger partial charge in [-0.3, -0.25) is 0 Å². The molecule has 0 amide bonds. The van der Waals surface area contributed by atoms with Crippen molar-refractivity contribution >= 4 is 31.9 Å². The molecular formula is C13H7Br2F4N. The van der Waals surface area contributed by atoms with Crippen LogP contribution in [0.25, 0.3) is 0 Å². The third-order valence-corrected chi connectivity index (χ3v) is 4.21. The van der Waals surface area contributed by atoms with E-state index in [1.165, 1.54) is 12.1 Å². The second-order valence-electron chi connectivity index (χ2n) is 4.00. The molecule has 0 saturated carbocycles. The van der Waals surface area contributed by atoms with Crippen LogP contribution in [0.2, 0.25) is 0 Å². The standard InChI is InChI=1S/C13H7Br2F4N/c14-6-2-4-7(16)9(11(6)18)13(20)5-1-3-8(17)12(19)10(5)15/h1-4,13H,20H2. The summed E-state index contributed by atoms with van der Waals surface area (Å²) < 4.78 is 54.0. The highest BCUT2D eigenvalue weighted by atomic mass is 79.9. The lowest BCUT2D eigenvalue weighted by molar-refractivity contribution is 0.499. The van der Waals surface area contributed by atoms with Gasteiger partial charge in [-0.1, -0.05) is 6.07 Å². The van der Waals surface area contributed by atoms with E-state index in [-0.39, 0.29) is 14.5 Å². The van der Waals surface area contributed by atoms with Crippen LogP contribution in [-0.4, -0.2) is 0 Å². The van der Waals surface area contributed by atoms with Gasteiger partial charge in [0.1, 0.15) is 11.6 Å². The Labute approximate surface area is 129 Å². The highest BCUT2D eigenvalue weighted by Crippen LogP contribution is 2.34. The number of halogens is 6. The van der Waals surface area contributed by atoms with Crippen molar-refractivity contribution in [2.45, 2.75) is 6.04 Å². The van der Waals surface area contributed by atoms with E-state index in [0.29, 0.717) is 0 Å². The van der Waals surface area contributed by atoms with Crippen LogP contribution in [0.1, 0.15) is 17.2 Å². The molecule has 0 spiro atoms. The molecule has 0 fully saturated rings. The van der Waals surface area contributed by atoms with Crippen molar-refractivity contribution in [3.63, 3.8) is 0 Å². The van der Waals surface area contributed by atoms with Crippen molar-refractivity contribution in [2.24, 2.45) is 5.73 Å². The molecule has 2 aromatic rings. The average Bonchev–Trinajstić information content (AvgIpc) is 2.41. The average molecular weight is 413 g/mol. The molecule has 0 radical (unpaired) electrons. The molecule has 2 aromatic carbocycles. The highest BCUT2D eigenvalue weighted by Gasteiger charge is 2.24. The lowest BCUT2D eigenvalue weighted by Gasteiger charge is -2.17. The second-order valence-corrected chi connectivity index (χ2v) is 5.65.